The third kappa shape index (κ3) is 6.84. The number of nitrogens with zero attached hydrogens (tertiary/aromatic N) is 4. The summed E-state index contributed by atoms with van der Waals surface area (Å²) in [4.78, 5) is 26.0. The molecule has 15 heteroatoms. The highest BCUT2D eigenvalue weighted by Gasteiger charge is 2.55. The minimum atomic E-state index is -4.40. The highest BCUT2D eigenvalue weighted by molar-refractivity contribution is 7.52. The van der Waals surface area contributed by atoms with Gasteiger partial charge in [0.25, 0.3) is 0 Å². The molecule has 0 bridgehead atoms. The number of carbonyl (C=O) groups is 1. The molecule has 47 heavy (non-hydrogen) atoms. The van der Waals surface area contributed by atoms with Gasteiger partial charge in [0.15, 0.2) is 23.6 Å². The van der Waals surface area contributed by atoms with E-state index in [1.54, 1.807) is 32.0 Å². The summed E-state index contributed by atoms with van der Waals surface area (Å²) in [6.07, 6.45) is -0.0416. The van der Waals surface area contributed by atoms with Gasteiger partial charge >= 0.3 is 13.7 Å². The van der Waals surface area contributed by atoms with E-state index in [2.05, 4.69) is 20.0 Å². The fourth-order valence-electron chi connectivity index (χ4n) is 5.99. The molecular formula is C32H39FN5O8P. The Morgan fingerprint density at radius 1 is 1.21 bits per heavy atom. The van der Waals surface area contributed by atoms with Crippen molar-refractivity contribution < 1.29 is 42.1 Å². The Balaban J connectivity index is 1.25. The molecule has 1 aliphatic heterocycles. The van der Waals surface area contributed by atoms with E-state index in [9.17, 15) is 14.5 Å². The second-order valence-electron chi connectivity index (χ2n) is 12.0. The van der Waals surface area contributed by atoms with Crippen LogP contribution in [0.5, 0.6) is 11.6 Å². The number of carbonyl (C=O) groups excluding carboxylic acids is 1. The van der Waals surface area contributed by atoms with Crippen LogP contribution in [-0.4, -0.2) is 73.8 Å². The topological polar surface area (TPSA) is 156 Å². The predicted molar refractivity (Wildman–Crippen MR) is 170 cm³/mol. The Hall–Kier alpha value is -3.68. The fraction of sp³-hybridized carbons (Fsp3) is 0.500. The molecule has 2 aromatic heterocycles. The highest BCUT2D eigenvalue weighted by Crippen LogP contribution is 2.49. The third-order valence-electron chi connectivity index (χ3n) is 8.39. The number of aryl methyl sites for hydroxylation is 1. The van der Waals surface area contributed by atoms with Crippen LogP contribution in [0.1, 0.15) is 58.5 Å². The summed E-state index contributed by atoms with van der Waals surface area (Å²) in [7, 11) is -4.40. The first-order valence-corrected chi connectivity index (χ1v) is 17.3. The molecule has 2 aliphatic rings. The molecule has 0 radical (unpaired) electrons. The van der Waals surface area contributed by atoms with Crippen LogP contribution < -0.4 is 14.3 Å². The molecule has 1 saturated carbocycles. The molecule has 3 heterocycles. The van der Waals surface area contributed by atoms with Crippen molar-refractivity contribution in [1.82, 2.24) is 24.6 Å². The average molecular weight is 672 g/mol. The Labute approximate surface area is 271 Å². The lowest BCUT2D eigenvalue weighted by atomic mass is 9.98. The van der Waals surface area contributed by atoms with Crippen LogP contribution in [0.4, 0.5) is 4.39 Å². The average Bonchev–Trinajstić information content (AvgIpc) is 3.75. The summed E-state index contributed by atoms with van der Waals surface area (Å²) < 4.78 is 60.7. The molecule has 6 atom stereocenters. The van der Waals surface area contributed by atoms with E-state index >= 15 is 4.39 Å². The molecule has 2 fully saturated rings. The van der Waals surface area contributed by atoms with E-state index in [4.69, 9.17) is 23.3 Å². The molecule has 252 valence electrons. The van der Waals surface area contributed by atoms with Crippen LogP contribution >= 0.6 is 7.75 Å². The Morgan fingerprint density at radius 2 is 1.96 bits per heavy atom. The van der Waals surface area contributed by atoms with Crippen molar-refractivity contribution in [2.24, 2.45) is 0 Å². The number of hydrogen-bond donors (Lipinski definition) is 2. The van der Waals surface area contributed by atoms with Crippen LogP contribution in [0.15, 0.2) is 48.8 Å². The van der Waals surface area contributed by atoms with Crippen molar-refractivity contribution in [1.29, 1.82) is 0 Å². The van der Waals surface area contributed by atoms with E-state index < -0.39 is 50.5 Å². The van der Waals surface area contributed by atoms with Gasteiger partial charge in [0.05, 0.1) is 19.5 Å². The Bertz CT molecular complexity index is 1790. The van der Waals surface area contributed by atoms with E-state index in [1.807, 2.05) is 24.3 Å². The van der Waals surface area contributed by atoms with Crippen molar-refractivity contribution in [3.05, 3.63) is 54.6 Å². The summed E-state index contributed by atoms with van der Waals surface area (Å²) in [6.45, 7) is 6.01. The van der Waals surface area contributed by atoms with E-state index in [0.29, 0.717) is 23.3 Å². The number of fused-ring (bicyclic) bond motifs is 2. The maximum absolute atomic E-state index is 15.9. The summed E-state index contributed by atoms with van der Waals surface area (Å²) in [5.41, 5.74) is -1.47. The molecule has 1 saturated heterocycles. The number of ether oxygens (including phenoxy) is 3. The van der Waals surface area contributed by atoms with Crippen LogP contribution in [-0.2, 0) is 23.4 Å². The zero-order valence-corrected chi connectivity index (χ0v) is 27.6. The van der Waals surface area contributed by atoms with Gasteiger partial charge in [0.2, 0.25) is 5.88 Å². The lowest BCUT2D eigenvalue weighted by Crippen LogP contribution is -2.42. The predicted octanol–water partition coefficient (Wildman–Crippen LogP) is 5.34. The number of rotatable bonds is 12. The molecule has 1 unspecified atom stereocenters. The maximum Gasteiger partial charge on any atom is 0.459 e. The monoisotopic (exact) mass is 671 g/mol. The lowest BCUT2D eigenvalue weighted by Gasteiger charge is -2.26. The van der Waals surface area contributed by atoms with Gasteiger partial charge in [-0.2, -0.15) is 10.1 Å². The lowest BCUT2D eigenvalue weighted by molar-refractivity contribution is -0.150. The zero-order chi connectivity index (χ0) is 33.3. The van der Waals surface area contributed by atoms with Gasteiger partial charge in [-0.3, -0.25) is 13.9 Å². The minimum Gasteiger partial charge on any atom is -0.476 e. The van der Waals surface area contributed by atoms with Crippen molar-refractivity contribution >= 4 is 35.7 Å². The summed E-state index contributed by atoms with van der Waals surface area (Å²) in [5.74, 6) is 0.257. The molecule has 4 aromatic rings. The Morgan fingerprint density at radius 3 is 2.72 bits per heavy atom. The maximum atomic E-state index is 15.9. The number of halogens is 1. The highest BCUT2D eigenvalue weighted by atomic mass is 31.2. The van der Waals surface area contributed by atoms with Crippen molar-refractivity contribution in [2.75, 3.05) is 13.2 Å². The van der Waals surface area contributed by atoms with Crippen molar-refractivity contribution in [2.45, 2.75) is 89.6 Å². The van der Waals surface area contributed by atoms with Gasteiger partial charge in [0, 0.05) is 5.39 Å². The zero-order valence-electron chi connectivity index (χ0n) is 26.7. The SMILES string of the molecule is CCOc1nc(C)nc2c1ncn2[C@@H]1O[C@H](COP(=O)(N[C@@H](C)C(=O)OC2CCCC2)Oc2cccc3ccccc23)[C@@H](F)[C@@]1(C)O. The quantitative estimate of drug-likeness (QED) is 0.147. The minimum absolute atomic E-state index is 0.206. The van der Waals surface area contributed by atoms with Crippen LogP contribution in [0.25, 0.3) is 21.9 Å². The van der Waals surface area contributed by atoms with Crippen LogP contribution in [0.3, 0.4) is 0 Å². The molecular weight excluding hydrogens is 632 g/mol. The molecule has 2 N–H and O–H groups in total. The van der Waals surface area contributed by atoms with E-state index in [0.717, 1.165) is 31.1 Å². The Kier molecular flexibility index (Phi) is 9.50. The number of aromatic nitrogens is 4. The number of benzene rings is 2. The largest absolute Gasteiger partial charge is 0.476 e. The summed E-state index contributed by atoms with van der Waals surface area (Å²) in [5, 5.41) is 15.5. The third-order valence-corrected chi connectivity index (χ3v) is 10.0. The summed E-state index contributed by atoms with van der Waals surface area (Å²) in [6, 6.07) is 11.5. The van der Waals surface area contributed by atoms with E-state index in [-0.39, 0.29) is 23.4 Å². The number of nitrogens with one attached hydrogen (secondary N) is 1. The van der Waals surface area contributed by atoms with Gasteiger partial charge < -0.3 is 23.8 Å². The number of aliphatic hydroxyl groups is 1. The first-order valence-electron chi connectivity index (χ1n) is 15.7. The standard InChI is InChI=1S/C32H39FN5O8P/c1-5-42-29-26-28(35-20(3)36-29)38(18-34-26)31-32(4,40)27(33)25(45-31)17-43-47(41,37-19(2)30(39)44-22-13-7-8-14-22)46-24-16-10-12-21-11-6-9-15-23(21)24/h6,9-12,15-16,18-19,22,25,27,31,40H,5,7-8,13-14,17H2,1-4H3,(H,37,41)/t19-,25+,27+,31+,32+,47?/m0/s1. The smallest absolute Gasteiger partial charge is 0.459 e. The van der Waals surface area contributed by atoms with Crippen LogP contribution in [0.2, 0.25) is 0 Å². The van der Waals surface area contributed by atoms with Gasteiger partial charge in [-0.05, 0) is 64.8 Å². The van der Waals surface area contributed by atoms with Crippen LogP contribution in [0, 0.1) is 6.92 Å². The van der Waals surface area contributed by atoms with Gasteiger partial charge in [-0.15, -0.1) is 0 Å². The number of esters is 1. The first-order chi connectivity index (χ1) is 22.5. The molecule has 6 rings (SSSR count). The van der Waals surface area contributed by atoms with Crippen molar-refractivity contribution in [3.8, 4) is 11.6 Å². The molecule has 2 aromatic carbocycles. The molecule has 13 nitrogen and oxygen atoms in total. The van der Waals surface area contributed by atoms with E-state index in [1.165, 1.54) is 24.7 Å². The number of alkyl halides is 1. The van der Waals surface area contributed by atoms with Gasteiger partial charge in [-0.25, -0.2) is 18.9 Å². The van der Waals surface area contributed by atoms with Gasteiger partial charge in [-0.1, -0.05) is 36.4 Å². The van der Waals surface area contributed by atoms with Gasteiger partial charge in [0.1, 0.15) is 35.4 Å². The molecule has 1 aliphatic carbocycles. The summed E-state index contributed by atoms with van der Waals surface area (Å²) >= 11 is 0. The number of hydrogen-bond acceptors (Lipinski definition) is 11. The second-order valence-corrected chi connectivity index (χ2v) is 13.7. The first kappa shape index (κ1) is 33.2. The fourth-order valence-corrected chi connectivity index (χ4v) is 7.51. The van der Waals surface area contributed by atoms with Crippen molar-refractivity contribution in [3.63, 3.8) is 0 Å². The molecule has 0 spiro atoms. The second kappa shape index (κ2) is 13.4. The number of imidazole rings is 1. The molecule has 0 amide bonds. The normalized spacial score (nSPS) is 25.2.